The van der Waals surface area contributed by atoms with Gasteiger partial charge in [-0.15, -0.1) is 0 Å². The van der Waals surface area contributed by atoms with Crippen molar-refractivity contribution in [2.45, 2.75) is 13.1 Å². The van der Waals surface area contributed by atoms with E-state index in [0.29, 0.717) is 29.0 Å². The number of benzene rings is 1. The van der Waals surface area contributed by atoms with Crippen LogP contribution < -0.4 is 20.9 Å². The van der Waals surface area contributed by atoms with E-state index >= 15 is 0 Å². The minimum atomic E-state index is -1.38. The standard InChI is InChI=1S/C24H24N6O7/c1-27(17-5-3-4-10-25-17)11-12-37-16-8-6-15(7-9-16)21-26-22-20(29(21)13-18(31)32)23(35)30(14-19(33)34)24(36)28(22)2/h3-10H,11-14H2,1-2H3,(H,31,32)(H,33,34). The minimum Gasteiger partial charge on any atom is -0.492 e. The number of hydrogen-bond donors (Lipinski definition) is 2. The van der Waals surface area contributed by atoms with Crippen LogP contribution in [0.2, 0.25) is 0 Å². The molecule has 13 nitrogen and oxygen atoms in total. The number of carboxylic acids is 2. The maximum absolute atomic E-state index is 13.0. The van der Waals surface area contributed by atoms with E-state index in [0.717, 1.165) is 15.0 Å². The van der Waals surface area contributed by atoms with E-state index in [1.807, 2.05) is 30.1 Å². The molecule has 0 aliphatic carbocycles. The van der Waals surface area contributed by atoms with Crippen LogP contribution in [0.15, 0.2) is 58.3 Å². The number of ether oxygens (including phenoxy) is 1. The lowest BCUT2D eigenvalue weighted by Crippen LogP contribution is -2.41. The first kappa shape index (κ1) is 25.2. The molecule has 0 saturated heterocycles. The molecular weight excluding hydrogens is 484 g/mol. The van der Waals surface area contributed by atoms with Crippen molar-refractivity contribution in [1.82, 2.24) is 23.7 Å². The molecule has 37 heavy (non-hydrogen) atoms. The zero-order valence-electron chi connectivity index (χ0n) is 20.1. The largest absolute Gasteiger partial charge is 0.492 e. The molecule has 13 heteroatoms. The van der Waals surface area contributed by atoms with Gasteiger partial charge in [0.05, 0.1) is 6.54 Å². The number of carbonyl (C=O) groups is 2. The second kappa shape index (κ2) is 10.4. The van der Waals surface area contributed by atoms with Crippen LogP contribution in [0.4, 0.5) is 5.82 Å². The van der Waals surface area contributed by atoms with Gasteiger partial charge < -0.3 is 24.4 Å². The van der Waals surface area contributed by atoms with Crippen molar-refractivity contribution in [3.05, 3.63) is 69.5 Å². The van der Waals surface area contributed by atoms with Crippen molar-refractivity contribution < 1.29 is 24.5 Å². The van der Waals surface area contributed by atoms with E-state index < -0.39 is 36.3 Å². The lowest BCUT2D eigenvalue weighted by atomic mass is 10.2. The number of aryl methyl sites for hydroxylation is 1. The number of rotatable bonds is 10. The first-order chi connectivity index (χ1) is 17.7. The maximum Gasteiger partial charge on any atom is 0.333 e. The summed E-state index contributed by atoms with van der Waals surface area (Å²) in [6.07, 6.45) is 1.71. The zero-order valence-corrected chi connectivity index (χ0v) is 20.1. The van der Waals surface area contributed by atoms with Crippen LogP contribution >= 0.6 is 0 Å². The first-order valence-corrected chi connectivity index (χ1v) is 11.2. The number of anilines is 1. The predicted octanol–water partition coefficient (Wildman–Crippen LogP) is 0.643. The number of fused-ring (bicyclic) bond motifs is 1. The van der Waals surface area contributed by atoms with Crippen molar-refractivity contribution in [2.24, 2.45) is 7.05 Å². The Bertz CT molecular complexity index is 1570. The number of carboxylic acid groups (broad SMARTS) is 2. The summed E-state index contributed by atoms with van der Waals surface area (Å²) in [5.74, 6) is -1.11. The second-order valence-electron chi connectivity index (χ2n) is 8.20. The van der Waals surface area contributed by atoms with E-state index in [2.05, 4.69) is 9.97 Å². The van der Waals surface area contributed by atoms with Crippen LogP contribution in [0.5, 0.6) is 5.75 Å². The van der Waals surface area contributed by atoms with Gasteiger partial charge in [0.15, 0.2) is 11.2 Å². The summed E-state index contributed by atoms with van der Waals surface area (Å²) in [7, 11) is 3.24. The molecule has 4 aromatic rings. The average Bonchev–Trinajstić information content (AvgIpc) is 3.24. The van der Waals surface area contributed by atoms with Crippen LogP contribution in [-0.4, -0.2) is 66.0 Å². The summed E-state index contributed by atoms with van der Waals surface area (Å²) >= 11 is 0. The van der Waals surface area contributed by atoms with Crippen molar-refractivity contribution in [2.75, 3.05) is 25.1 Å². The predicted molar refractivity (Wildman–Crippen MR) is 133 cm³/mol. The Morgan fingerprint density at radius 2 is 1.68 bits per heavy atom. The molecule has 3 aromatic heterocycles. The number of nitrogens with zero attached hydrogens (tertiary/aromatic N) is 6. The highest BCUT2D eigenvalue weighted by Gasteiger charge is 2.23. The topological polar surface area (TPSA) is 162 Å². The molecule has 0 radical (unpaired) electrons. The quantitative estimate of drug-likeness (QED) is 0.311. The van der Waals surface area contributed by atoms with Gasteiger partial charge in [0.2, 0.25) is 0 Å². The molecule has 0 bridgehead atoms. The Morgan fingerprint density at radius 1 is 1.00 bits per heavy atom. The second-order valence-corrected chi connectivity index (χ2v) is 8.20. The summed E-state index contributed by atoms with van der Waals surface area (Å²) in [5, 5.41) is 18.6. The van der Waals surface area contributed by atoms with E-state index in [1.165, 1.54) is 7.05 Å². The third-order valence-electron chi connectivity index (χ3n) is 5.67. The average molecular weight is 508 g/mol. The summed E-state index contributed by atoms with van der Waals surface area (Å²) in [6.45, 7) is -0.514. The molecule has 0 aliphatic rings. The number of aromatic nitrogens is 5. The summed E-state index contributed by atoms with van der Waals surface area (Å²) in [6, 6.07) is 12.3. The molecule has 0 fully saturated rings. The number of aliphatic carboxylic acids is 2. The Morgan fingerprint density at radius 3 is 2.30 bits per heavy atom. The number of likely N-dealkylation sites (N-methyl/N-ethyl adjacent to an activating group) is 1. The van der Waals surface area contributed by atoms with Crippen molar-refractivity contribution in [3.63, 3.8) is 0 Å². The first-order valence-electron chi connectivity index (χ1n) is 11.2. The van der Waals surface area contributed by atoms with Crippen molar-refractivity contribution in [1.29, 1.82) is 0 Å². The van der Waals surface area contributed by atoms with Gasteiger partial charge in [-0.25, -0.2) is 19.3 Å². The van der Waals surface area contributed by atoms with Crippen LogP contribution in [0.3, 0.4) is 0 Å². The molecule has 0 spiro atoms. The molecule has 1 aromatic carbocycles. The molecule has 3 heterocycles. The summed E-state index contributed by atoms with van der Waals surface area (Å²) in [5.41, 5.74) is -1.56. The maximum atomic E-state index is 13.0. The van der Waals surface area contributed by atoms with Crippen molar-refractivity contribution >= 4 is 28.9 Å². The minimum absolute atomic E-state index is 0.0502. The fourth-order valence-electron chi connectivity index (χ4n) is 3.85. The van der Waals surface area contributed by atoms with Gasteiger partial charge in [0.25, 0.3) is 5.56 Å². The molecule has 2 N–H and O–H groups in total. The lowest BCUT2D eigenvalue weighted by molar-refractivity contribution is -0.138. The number of imidazole rings is 1. The Hall–Kier alpha value is -4.94. The summed E-state index contributed by atoms with van der Waals surface area (Å²) < 4.78 is 8.53. The zero-order chi connectivity index (χ0) is 26.7. The highest BCUT2D eigenvalue weighted by molar-refractivity contribution is 5.80. The van der Waals surface area contributed by atoms with Crippen LogP contribution in [0.25, 0.3) is 22.6 Å². The third-order valence-corrected chi connectivity index (χ3v) is 5.67. The number of pyridine rings is 1. The molecule has 0 aliphatic heterocycles. The summed E-state index contributed by atoms with van der Waals surface area (Å²) in [4.78, 5) is 59.0. The van der Waals surface area contributed by atoms with Gasteiger partial charge in [-0.3, -0.25) is 19.0 Å². The molecule has 0 saturated carbocycles. The smallest absolute Gasteiger partial charge is 0.333 e. The highest BCUT2D eigenvalue weighted by atomic mass is 16.5. The normalized spacial score (nSPS) is 11.0. The lowest BCUT2D eigenvalue weighted by Gasteiger charge is -2.18. The van der Waals surface area contributed by atoms with Gasteiger partial charge in [0, 0.05) is 25.9 Å². The third kappa shape index (κ3) is 5.19. The fourth-order valence-corrected chi connectivity index (χ4v) is 3.85. The van der Waals surface area contributed by atoms with Gasteiger partial charge in [-0.2, -0.15) is 0 Å². The van der Waals surface area contributed by atoms with Gasteiger partial charge in [-0.1, -0.05) is 6.07 Å². The van der Waals surface area contributed by atoms with Crippen molar-refractivity contribution in [3.8, 4) is 17.1 Å². The Labute approximate surface area is 209 Å². The molecule has 192 valence electrons. The molecule has 0 unspecified atom stereocenters. The SMILES string of the molecule is CN(CCOc1ccc(-c2nc3c(c(=O)n(CC(=O)O)c(=O)n3C)n2CC(=O)O)cc1)c1ccccn1. The van der Waals surface area contributed by atoms with Gasteiger partial charge in [-0.05, 0) is 36.4 Å². The van der Waals surface area contributed by atoms with Crippen LogP contribution in [0, 0.1) is 0 Å². The van der Waals surface area contributed by atoms with Crippen LogP contribution in [0.1, 0.15) is 0 Å². The Kier molecular flexibility index (Phi) is 7.04. The van der Waals surface area contributed by atoms with E-state index in [-0.39, 0.29) is 17.0 Å². The van der Waals surface area contributed by atoms with Gasteiger partial charge in [0.1, 0.15) is 37.1 Å². The fraction of sp³-hybridized carbons (Fsp3) is 0.250. The van der Waals surface area contributed by atoms with E-state index in [4.69, 9.17) is 9.84 Å². The van der Waals surface area contributed by atoms with Gasteiger partial charge >= 0.3 is 17.6 Å². The molecular formula is C24H24N6O7. The number of hydrogen-bond acceptors (Lipinski definition) is 8. The monoisotopic (exact) mass is 508 g/mol. The molecule has 0 amide bonds. The molecule has 4 rings (SSSR count). The molecule has 0 atom stereocenters. The van der Waals surface area contributed by atoms with E-state index in [9.17, 15) is 24.3 Å². The van der Waals surface area contributed by atoms with E-state index in [1.54, 1.807) is 30.5 Å². The van der Waals surface area contributed by atoms with Crippen LogP contribution in [-0.2, 0) is 29.7 Å². The highest BCUT2D eigenvalue weighted by Crippen LogP contribution is 2.25. The Balaban J connectivity index is 1.64.